The monoisotopic (exact) mass is 435 g/mol. The summed E-state index contributed by atoms with van der Waals surface area (Å²) in [6.45, 7) is 4.20. The number of thiophene rings is 1. The van der Waals surface area contributed by atoms with Gasteiger partial charge in [0.1, 0.15) is 10.6 Å². The summed E-state index contributed by atoms with van der Waals surface area (Å²) < 4.78 is 4.93. The van der Waals surface area contributed by atoms with Gasteiger partial charge in [0.2, 0.25) is 11.8 Å². The average Bonchev–Trinajstić information content (AvgIpc) is 3.11. The molecule has 1 aromatic carbocycles. The molecule has 2 aromatic rings. The largest absolute Gasteiger partial charge is 0.465 e. The Hall–Kier alpha value is -2.42. The van der Waals surface area contributed by atoms with Gasteiger partial charge in [0.25, 0.3) is 0 Å². The molecule has 9 heteroatoms. The van der Waals surface area contributed by atoms with Crippen LogP contribution >= 0.6 is 22.9 Å². The Balaban J connectivity index is 1.74. The molecule has 0 saturated carbocycles. The molecule has 7 nitrogen and oxygen atoms in total. The third-order valence-corrected chi connectivity index (χ3v) is 6.01. The van der Waals surface area contributed by atoms with Gasteiger partial charge in [0, 0.05) is 54.6 Å². The van der Waals surface area contributed by atoms with Crippen molar-refractivity contribution in [3.05, 3.63) is 40.2 Å². The summed E-state index contributed by atoms with van der Waals surface area (Å²) in [7, 11) is 1.30. The minimum absolute atomic E-state index is 0.0440. The van der Waals surface area contributed by atoms with Crippen molar-refractivity contribution in [2.75, 3.05) is 45.2 Å². The van der Waals surface area contributed by atoms with Crippen LogP contribution in [0, 0.1) is 0 Å². The van der Waals surface area contributed by atoms with Gasteiger partial charge in [0.05, 0.1) is 13.7 Å². The van der Waals surface area contributed by atoms with E-state index in [0.717, 1.165) is 0 Å². The zero-order valence-electron chi connectivity index (χ0n) is 16.2. The van der Waals surface area contributed by atoms with E-state index < -0.39 is 5.97 Å². The average molecular weight is 436 g/mol. The highest BCUT2D eigenvalue weighted by atomic mass is 35.5. The number of nitrogens with one attached hydrogen (secondary N) is 1. The van der Waals surface area contributed by atoms with E-state index in [1.165, 1.54) is 18.4 Å². The Morgan fingerprint density at radius 2 is 1.83 bits per heavy atom. The van der Waals surface area contributed by atoms with Crippen molar-refractivity contribution in [3.8, 4) is 11.1 Å². The van der Waals surface area contributed by atoms with E-state index in [4.69, 9.17) is 16.3 Å². The molecule has 2 amide bonds. The molecule has 1 saturated heterocycles. The molecule has 154 valence electrons. The molecule has 1 fully saturated rings. The van der Waals surface area contributed by atoms with Crippen LogP contribution in [-0.4, -0.2) is 67.4 Å². The van der Waals surface area contributed by atoms with Gasteiger partial charge in [-0.2, -0.15) is 0 Å². The van der Waals surface area contributed by atoms with Gasteiger partial charge in [0.15, 0.2) is 0 Å². The number of carbonyl (C=O) groups is 3. The fourth-order valence-corrected chi connectivity index (χ4v) is 4.42. The number of esters is 1. The second kappa shape index (κ2) is 9.39. The number of rotatable bonds is 5. The second-order valence-corrected chi connectivity index (χ2v) is 7.94. The van der Waals surface area contributed by atoms with Gasteiger partial charge >= 0.3 is 5.97 Å². The van der Waals surface area contributed by atoms with Crippen LogP contribution in [0.2, 0.25) is 5.02 Å². The molecule has 3 rings (SSSR count). The summed E-state index contributed by atoms with van der Waals surface area (Å²) in [4.78, 5) is 40.1. The predicted octanol–water partition coefficient (Wildman–Crippen LogP) is 2.96. The number of anilines is 1. The fraction of sp³-hybridized carbons (Fsp3) is 0.350. The quantitative estimate of drug-likeness (QED) is 0.730. The molecule has 0 unspecified atom stereocenters. The molecular weight excluding hydrogens is 414 g/mol. The molecule has 0 atom stereocenters. The number of methoxy groups -OCH3 is 1. The van der Waals surface area contributed by atoms with E-state index in [0.29, 0.717) is 52.9 Å². The lowest BCUT2D eigenvalue weighted by Crippen LogP contribution is -2.49. The van der Waals surface area contributed by atoms with Crippen LogP contribution in [0.4, 0.5) is 5.00 Å². The number of nitrogens with zero attached hydrogens (tertiary/aromatic N) is 2. The van der Waals surface area contributed by atoms with E-state index in [-0.39, 0.29) is 18.4 Å². The highest BCUT2D eigenvalue weighted by Gasteiger charge is 2.25. The maximum atomic E-state index is 12.6. The minimum atomic E-state index is -0.536. The van der Waals surface area contributed by atoms with Crippen molar-refractivity contribution < 1.29 is 19.1 Å². The standard InChI is InChI=1S/C20H22ClN3O4S/c1-13(25)24-9-7-23(8-10-24)11-17(26)22-19-18(20(27)28-2)15(12-29-19)14-5-3-4-6-16(14)21/h3-6,12H,7-11H2,1-2H3,(H,22,26). The van der Waals surface area contributed by atoms with Crippen LogP contribution in [0.1, 0.15) is 17.3 Å². The summed E-state index contributed by atoms with van der Waals surface area (Å²) in [5.74, 6) is -0.715. The molecule has 2 heterocycles. The summed E-state index contributed by atoms with van der Waals surface area (Å²) in [6, 6.07) is 7.20. The van der Waals surface area contributed by atoms with E-state index in [9.17, 15) is 14.4 Å². The number of amides is 2. The smallest absolute Gasteiger partial charge is 0.341 e. The minimum Gasteiger partial charge on any atom is -0.465 e. The van der Waals surface area contributed by atoms with Crippen LogP contribution in [0.15, 0.2) is 29.6 Å². The predicted molar refractivity (Wildman–Crippen MR) is 113 cm³/mol. The first kappa shape index (κ1) is 21.3. The van der Waals surface area contributed by atoms with Crippen molar-refractivity contribution in [1.29, 1.82) is 0 Å². The summed E-state index contributed by atoms with van der Waals surface area (Å²) >= 11 is 7.54. The third-order valence-electron chi connectivity index (χ3n) is 4.78. The van der Waals surface area contributed by atoms with E-state index in [1.54, 1.807) is 23.3 Å². The molecule has 1 aliphatic rings. The first-order chi connectivity index (χ1) is 13.9. The summed E-state index contributed by atoms with van der Waals surface area (Å²) in [5, 5.41) is 5.56. The van der Waals surface area contributed by atoms with Crippen molar-refractivity contribution in [2.45, 2.75) is 6.92 Å². The number of hydrogen-bond donors (Lipinski definition) is 1. The van der Waals surface area contributed by atoms with Crippen molar-refractivity contribution >= 4 is 45.7 Å². The Morgan fingerprint density at radius 1 is 1.14 bits per heavy atom. The van der Waals surface area contributed by atoms with Crippen LogP contribution in [0.25, 0.3) is 11.1 Å². The number of hydrogen-bond acceptors (Lipinski definition) is 6. The normalized spacial score (nSPS) is 14.5. The van der Waals surface area contributed by atoms with E-state index >= 15 is 0 Å². The Morgan fingerprint density at radius 3 is 2.45 bits per heavy atom. The van der Waals surface area contributed by atoms with Gasteiger partial charge in [-0.1, -0.05) is 29.8 Å². The third kappa shape index (κ3) is 4.95. The van der Waals surface area contributed by atoms with Crippen LogP contribution in [0.3, 0.4) is 0 Å². The Labute approximate surface area is 178 Å². The fourth-order valence-electron chi connectivity index (χ4n) is 3.22. The summed E-state index contributed by atoms with van der Waals surface area (Å²) in [5.41, 5.74) is 1.62. The lowest BCUT2D eigenvalue weighted by molar-refractivity contribution is -0.130. The van der Waals surface area contributed by atoms with Crippen molar-refractivity contribution in [1.82, 2.24) is 9.80 Å². The number of ether oxygens (including phenoxy) is 1. The Bertz CT molecular complexity index is 922. The SMILES string of the molecule is COC(=O)c1c(-c2ccccc2Cl)csc1NC(=O)CN1CCN(C(C)=O)CC1. The zero-order chi connectivity index (χ0) is 21.0. The van der Waals surface area contributed by atoms with E-state index in [1.807, 2.05) is 23.1 Å². The number of halogens is 1. The molecule has 1 aromatic heterocycles. The molecule has 29 heavy (non-hydrogen) atoms. The van der Waals surface area contributed by atoms with Gasteiger partial charge in [-0.15, -0.1) is 11.3 Å². The highest BCUT2D eigenvalue weighted by molar-refractivity contribution is 7.15. The first-order valence-electron chi connectivity index (χ1n) is 9.13. The van der Waals surface area contributed by atoms with Gasteiger partial charge < -0.3 is 15.0 Å². The zero-order valence-corrected chi connectivity index (χ0v) is 17.8. The van der Waals surface area contributed by atoms with Crippen LogP contribution in [0.5, 0.6) is 0 Å². The number of benzene rings is 1. The molecule has 1 N–H and O–H groups in total. The maximum absolute atomic E-state index is 12.6. The molecule has 1 aliphatic heterocycles. The van der Waals surface area contributed by atoms with E-state index in [2.05, 4.69) is 5.32 Å². The second-order valence-electron chi connectivity index (χ2n) is 6.66. The molecule has 0 spiro atoms. The number of piperazine rings is 1. The van der Waals surface area contributed by atoms with Gasteiger partial charge in [-0.05, 0) is 6.07 Å². The molecular formula is C20H22ClN3O4S. The molecule has 0 aliphatic carbocycles. The maximum Gasteiger partial charge on any atom is 0.341 e. The lowest BCUT2D eigenvalue weighted by Gasteiger charge is -2.33. The van der Waals surface area contributed by atoms with Gasteiger partial charge in [-0.3, -0.25) is 14.5 Å². The summed E-state index contributed by atoms with van der Waals surface area (Å²) in [6.07, 6.45) is 0. The van der Waals surface area contributed by atoms with Crippen LogP contribution < -0.4 is 5.32 Å². The van der Waals surface area contributed by atoms with Crippen molar-refractivity contribution in [2.24, 2.45) is 0 Å². The van der Waals surface area contributed by atoms with Crippen molar-refractivity contribution in [3.63, 3.8) is 0 Å². The van der Waals surface area contributed by atoms with Crippen LogP contribution in [-0.2, 0) is 14.3 Å². The lowest BCUT2D eigenvalue weighted by atomic mass is 10.0. The molecule has 0 bridgehead atoms. The first-order valence-corrected chi connectivity index (χ1v) is 10.4. The highest BCUT2D eigenvalue weighted by Crippen LogP contribution is 2.39. The molecule has 0 radical (unpaired) electrons. The van der Waals surface area contributed by atoms with Gasteiger partial charge in [-0.25, -0.2) is 4.79 Å². The topological polar surface area (TPSA) is 79.0 Å². The number of carbonyl (C=O) groups excluding carboxylic acids is 3. The Kier molecular flexibility index (Phi) is 6.89.